The number of H-pyrrole nitrogens is 1. The molecule has 0 aliphatic heterocycles. The van der Waals surface area contributed by atoms with Crippen molar-refractivity contribution in [3.8, 4) is 11.4 Å². The summed E-state index contributed by atoms with van der Waals surface area (Å²) in [4.78, 5) is 30.4. The van der Waals surface area contributed by atoms with E-state index in [1.807, 2.05) is 37.4 Å². The van der Waals surface area contributed by atoms with E-state index in [2.05, 4.69) is 20.6 Å². The van der Waals surface area contributed by atoms with Crippen molar-refractivity contribution in [1.82, 2.24) is 9.97 Å². The summed E-state index contributed by atoms with van der Waals surface area (Å²) in [5, 5.41) is 6.30. The lowest BCUT2D eigenvalue weighted by molar-refractivity contribution is 0.102. The van der Waals surface area contributed by atoms with Crippen molar-refractivity contribution in [2.75, 3.05) is 29.1 Å². The Bertz CT molecular complexity index is 1530. The van der Waals surface area contributed by atoms with Crippen LogP contribution in [0, 0.1) is 0 Å². The van der Waals surface area contributed by atoms with Gasteiger partial charge in [0.25, 0.3) is 5.91 Å². The molecule has 0 aliphatic carbocycles. The fraction of sp³-hybridized carbons (Fsp3) is 0.0357. The number of amides is 1. The van der Waals surface area contributed by atoms with E-state index < -0.39 is 0 Å². The molecule has 9 heteroatoms. The zero-order chi connectivity index (χ0) is 26.4. The van der Waals surface area contributed by atoms with Gasteiger partial charge in [0.2, 0.25) is 0 Å². The van der Waals surface area contributed by atoms with Crippen LogP contribution < -0.4 is 22.1 Å². The molecule has 8 nitrogen and oxygen atoms in total. The van der Waals surface area contributed by atoms with Crippen LogP contribution in [0.2, 0.25) is 5.02 Å². The fourth-order valence-corrected chi connectivity index (χ4v) is 3.73. The Morgan fingerprint density at radius 1 is 0.892 bits per heavy atom. The molecular weight excluding hydrogens is 488 g/mol. The topological polar surface area (TPSA) is 139 Å². The standard InChI is InChI=1S/C21H18ClN5O.C7H7NO/c1-24-15-8-4-12(5-9-15)20-25-17-11-10-16(18(22)19(17)27-20)26-21(28)13-2-6-14(23)7-3-13;8-7-3-1-6(5-9)2-4-7/h2-11,24H,23H2,1H3,(H,25,27)(H,26,28);1-5H,8H2. The summed E-state index contributed by atoms with van der Waals surface area (Å²) in [5.74, 6) is 0.446. The lowest BCUT2D eigenvalue weighted by Gasteiger charge is -2.07. The van der Waals surface area contributed by atoms with Crippen LogP contribution in [-0.2, 0) is 0 Å². The number of carbonyl (C=O) groups is 2. The molecule has 0 saturated heterocycles. The van der Waals surface area contributed by atoms with Crippen molar-refractivity contribution in [3.05, 3.63) is 101 Å². The molecule has 5 rings (SSSR count). The minimum Gasteiger partial charge on any atom is -0.399 e. The molecule has 5 aromatic rings. The summed E-state index contributed by atoms with van der Waals surface area (Å²) >= 11 is 6.52. The number of benzene rings is 4. The van der Waals surface area contributed by atoms with E-state index >= 15 is 0 Å². The molecule has 186 valence electrons. The van der Waals surface area contributed by atoms with Gasteiger partial charge in [-0.2, -0.15) is 0 Å². The zero-order valence-corrected chi connectivity index (χ0v) is 20.7. The number of aldehydes is 1. The molecule has 0 fully saturated rings. The maximum Gasteiger partial charge on any atom is 0.255 e. The van der Waals surface area contributed by atoms with Gasteiger partial charge in [0, 0.05) is 40.8 Å². The minimum absolute atomic E-state index is 0.264. The molecule has 1 aromatic heterocycles. The Morgan fingerprint density at radius 2 is 1.51 bits per heavy atom. The zero-order valence-electron chi connectivity index (χ0n) is 20.0. The average Bonchev–Trinajstić information content (AvgIpc) is 3.37. The smallest absolute Gasteiger partial charge is 0.255 e. The lowest BCUT2D eigenvalue weighted by Crippen LogP contribution is -2.12. The number of hydrogen-bond donors (Lipinski definition) is 5. The third kappa shape index (κ3) is 6.06. The van der Waals surface area contributed by atoms with Crippen molar-refractivity contribution < 1.29 is 9.59 Å². The number of aromatic amines is 1. The van der Waals surface area contributed by atoms with E-state index in [0.717, 1.165) is 23.1 Å². The first kappa shape index (κ1) is 25.3. The number of rotatable bonds is 5. The molecule has 7 N–H and O–H groups in total. The van der Waals surface area contributed by atoms with Crippen LogP contribution in [-0.4, -0.2) is 29.2 Å². The maximum atomic E-state index is 12.5. The molecule has 0 radical (unpaired) electrons. The highest BCUT2D eigenvalue weighted by Crippen LogP contribution is 2.32. The largest absolute Gasteiger partial charge is 0.399 e. The predicted octanol–water partition coefficient (Wildman–Crippen LogP) is 5.84. The summed E-state index contributed by atoms with van der Waals surface area (Å²) in [5.41, 5.74) is 17.3. The highest BCUT2D eigenvalue weighted by atomic mass is 35.5. The minimum atomic E-state index is -0.264. The van der Waals surface area contributed by atoms with Crippen LogP contribution in [0.15, 0.2) is 84.9 Å². The second kappa shape index (κ2) is 11.3. The first-order valence-electron chi connectivity index (χ1n) is 11.3. The van der Waals surface area contributed by atoms with Crippen molar-refractivity contribution in [2.45, 2.75) is 0 Å². The van der Waals surface area contributed by atoms with Gasteiger partial charge in [0.05, 0.1) is 16.2 Å². The van der Waals surface area contributed by atoms with Crippen LogP contribution >= 0.6 is 11.6 Å². The summed E-state index contributed by atoms with van der Waals surface area (Å²) in [6, 6.07) is 24.9. The van der Waals surface area contributed by atoms with Crippen LogP contribution in [0.3, 0.4) is 0 Å². The number of hydrogen-bond acceptors (Lipinski definition) is 6. The second-order valence-corrected chi connectivity index (χ2v) is 8.47. The van der Waals surface area contributed by atoms with Gasteiger partial charge in [0.15, 0.2) is 0 Å². The van der Waals surface area contributed by atoms with E-state index in [1.54, 1.807) is 54.6 Å². The van der Waals surface area contributed by atoms with Gasteiger partial charge < -0.3 is 27.1 Å². The molecule has 0 unspecified atom stereocenters. The van der Waals surface area contributed by atoms with Gasteiger partial charge in [-0.1, -0.05) is 11.6 Å². The first-order chi connectivity index (χ1) is 17.9. The molecule has 4 aromatic carbocycles. The number of carbonyl (C=O) groups excluding carboxylic acids is 2. The highest BCUT2D eigenvalue weighted by molar-refractivity contribution is 6.38. The van der Waals surface area contributed by atoms with Crippen LogP contribution in [0.25, 0.3) is 22.4 Å². The Kier molecular flexibility index (Phi) is 7.71. The third-order valence-corrected chi connectivity index (χ3v) is 5.92. The fourth-order valence-electron chi connectivity index (χ4n) is 3.47. The second-order valence-electron chi connectivity index (χ2n) is 8.10. The Morgan fingerprint density at radius 3 is 2.11 bits per heavy atom. The summed E-state index contributed by atoms with van der Waals surface area (Å²) in [6.07, 6.45) is 0.791. The van der Waals surface area contributed by atoms with E-state index in [9.17, 15) is 9.59 Å². The molecule has 1 heterocycles. The maximum absolute atomic E-state index is 12.5. The van der Waals surface area contributed by atoms with Gasteiger partial charge in [0.1, 0.15) is 17.6 Å². The molecule has 0 aliphatic rings. The molecule has 0 saturated carbocycles. The molecule has 1 amide bonds. The number of nitrogens with two attached hydrogens (primary N) is 2. The van der Waals surface area contributed by atoms with Crippen molar-refractivity contribution in [3.63, 3.8) is 0 Å². The van der Waals surface area contributed by atoms with Crippen molar-refractivity contribution >= 4 is 57.6 Å². The normalized spacial score (nSPS) is 10.3. The number of halogens is 1. The molecule has 37 heavy (non-hydrogen) atoms. The molecule has 0 atom stereocenters. The number of fused-ring (bicyclic) bond motifs is 1. The van der Waals surface area contributed by atoms with Crippen molar-refractivity contribution in [1.29, 1.82) is 0 Å². The van der Waals surface area contributed by atoms with E-state index in [1.165, 1.54) is 0 Å². The number of nitrogens with zero attached hydrogens (tertiary/aromatic N) is 1. The molecular formula is C28H25ClN6O2. The molecule has 0 bridgehead atoms. The summed E-state index contributed by atoms with van der Waals surface area (Å²) < 4.78 is 0. The summed E-state index contributed by atoms with van der Waals surface area (Å²) in [7, 11) is 1.87. The third-order valence-electron chi connectivity index (χ3n) is 5.53. The number of imidazole rings is 1. The van der Waals surface area contributed by atoms with Crippen molar-refractivity contribution in [2.24, 2.45) is 0 Å². The van der Waals surface area contributed by atoms with E-state index in [-0.39, 0.29) is 5.91 Å². The van der Waals surface area contributed by atoms with Gasteiger partial charge >= 0.3 is 0 Å². The Balaban J connectivity index is 0.000000301. The Hall–Kier alpha value is -4.82. The predicted molar refractivity (Wildman–Crippen MR) is 151 cm³/mol. The average molecular weight is 513 g/mol. The van der Waals surface area contributed by atoms with Crippen LogP contribution in [0.4, 0.5) is 22.7 Å². The van der Waals surface area contributed by atoms with Gasteiger partial charge in [-0.15, -0.1) is 0 Å². The quantitative estimate of drug-likeness (QED) is 0.148. The van der Waals surface area contributed by atoms with E-state index in [0.29, 0.717) is 44.6 Å². The number of nitrogen functional groups attached to an aromatic ring is 2. The van der Waals surface area contributed by atoms with E-state index in [4.69, 9.17) is 23.1 Å². The summed E-state index contributed by atoms with van der Waals surface area (Å²) in [6.45, 7) is 0. The lowest BCUT2D eigenvalue weighted by atomic mass is 10.2. The number of anilines is 4. The van der Waals surface area contributed by atoms with Crippen LogP contribution in [0.1, 0.15) is 20.7 Å². The van der Waals surface area contributed by atoms with Gasteiger partial charge in [-0.25, -0.2) is 4.98 Å². The number of aromatic nitrogens is 2. The van der Waals surface area contributed by atoms with Crippen LogP contribution in [0.5, 0.6) is 0 Å². The Labute approximate surface area is 218 Å². The molecule has 0 spiro atoms. The monoisotopic (exact) mass is 512 g/mol. The highest BCUT2D eigenvalue weighted by Gasteiger charge is 2.14. The SMILES string of the molecule is CNc1ccc(-c2nc3c(Cl)c(NC(=O)c4ccc(N)cc4)ccc3[nH]2)cc1.Nc1ccc(C=O)cc1. The number of nitrogens with one attached hydrogen (secondary N) is 3. The van der Waals surface area contributed by atoms with Gasteiger partial charge in [-0.3, -0.25) is 9.59 Å². The van der Waals surface area contributed by atoms with Gasteiger partial charge in [-0.05, 0) is 84.9 Å². The first-order valence-corrected chi connectivity index (χ1v) is 11.7.